The Morgan fingerprint density at radius 2 is 1.90 bits per heavy atom. The number of amides is 2. The van der Waals surface area contributed by atoms with E-state index < -0.39 is 46.8 Å². The van der Waals surface area contributed by atoms with Crippen molar-refractivity contribution in [1.29, 1.82) is 0 Å². The molecule has 30 heavy (non-hydrogen) atoms. The molecule has 2 amide bonds. The van der Waals surface area contributed by atoms with Gasteiger partial charge in [-0.25, -0.2) is 13.6 Å². The zero-order valence-corrected chi connectivity index (χ0v) is 17.5. The van der Waals surface area contributed by atoms with E-state index in [2.05, 4.69) is 5.32 Å². The van der Waals surface area contributed by atoms with Gasteiger partial charge in [-0.05, 0) is 50.4 Å². The van der Waals surface area contributed by atoms with Crippen LogP contribution in [0.5, 0.6) is 5.75 Å². The van der Waals surface area contributed by atoms with Crippen molar-refractivity contribution in [1.82, 2.24) is 5.32 Å². The van der Waals surface area contributed by atoms with Gasteiger partial charge in [0.15, 0.2) is 11.6 Å². The van der Waals surface area contributed by atoms with Crippen LogP contribution in [-0.2, 0) is 9.53 Å². The SMILES string of the molecule is NC(=O)OC1CC(C(=O)N[C@H](c2c(F)c(O)cc(Cl)c2Cl)C23CCC(F)(CC2)C3)C1. The van der Waals surface area contributed by atoms with Crippen molar-refractivity contribution in [2.24, 2.45) is 17.1 Å². The molecular formula is C20H22Cl2F2N2O4. The molecule has 4 rings (SSSR count). The molecular weight excluding hydrogens is 441 g/mol. The van der Waals surface area contributed by atoms with Gasteiger partial charge in [0, 0.05) is 17.5 Å². The Bertz CT molecular complexity index is 873. The summed E-state index contributed by atoms with van der Waals surface area (Å²) in [6.45, 7) is 0. The van der Waals surface area contributed by atoms with E-state index >= 15 is 4.39 Å². The average molecular weight is 463 g/mol. The number of nitrogens with one attached hydrogen (secondary N) is 1. The Hall–Kier alpha value is -1.80. The molecule has 0 heterocycles. The smallest absolute Gasteiger partial charge is 0.404 e. The molecule has 0 unspecified atom stereocenters. The van der Waals surface area contributed by atoms with Crippen LogP contribution in [-0.4, -0.2) is 28.9 Å². The van der Waals surface area contributed by atoms with E-state index in [0.717, 1.165) is 6.07 Å². The quantitative estimate of drug-likeness (QED) is 0.558. The molecule has 3 aliphatic carbocycles. The first-order valence-electron chi connectivity index (χ1n) is 9.85. The minimum atomic E-state index is -1.34. The highest BCUT2D eigenvalue weighted by atomic mass is 35.5. The summed E-state index contributed by atoms with van der Waals surface area (Å²) in [7, 11) is 0. The largest absolute Gasteiger partial charge is 0.505 e. The van der Waals surface area contributed by atoms with Gasteiger partial charge in [-0.1, -0.05) is 23.2 Å². The first kappa shape index (κ1) is 21.4. The van der Waals surface area contributed by atoms with Crippen LogP contribution in [0.4, 0.5) is 13.6 Å². The summed E-state index contributed by atoms with van der Waals surface area (Å²) >= 11 is 12.4. The fourth-order valence-corrected chi connectivity index (χ4v) is 5.72. The molecule has 3 aliphatic rings. The standard InChI is InChI=1S/C20H22Cl2F2N2O4/c21-11-7-12(27)15(23)13(14(11)22)16(19-1-3-20(24,8-19)4-2-19)26-17(28)9-5-10(6-9)30-18(25)29/h7,9-10,16,27H,1-6,8H2,(H2,25,29)(H,26,28)/t9?,10?,16-,19?,20?/m1/s1. The Labute approximate surface area is 182 Å². The van der Waals surface area contributed by atoms with Gasteiger partial charge in [0.05, 0.1) is 16.1 Å². The summed E-state index contributed by atoms with van der Waals surface area (Å²) in [5.41, 5.74) is 2.80. The fraction of sp³-hybridized carbons (Fsp3) is 0.600. The Kier molecular flexibility index (Phi) is 5.29. The van der Waals surface area contributed by atoms with Crippen LogP contribution in [0.1, 0.15) is 56.6 Å². The normalized spacial score (nSPS) is 33.1. The average Bonchev–Trinajstić information content (AvgIpc) is 3.16. The number of carbonyl (C=O) groups excluding carboxylic acids is 2. The van der Waals surface area contributed by atoms with E-state index in [9.17, 15) is 19.1 Å². The van der Waals surface area contributed by atoms with Crippen LogP contribution in [0.3, 0.4) is 0 Å². The summed E-state index contributed by atoms with van der Waals surface area (Å²) in [5, 5.41) is 12.7. The van der Waals surface area contributed by atoms with Gasteiger partial charge >= 0.3 is 6.09 Å². The highest BCUT2D eigenvalue weighted by molar-refractivity contribution is 6.42. The number of primary amides is 1. The van der Waals surface area contributed by atoms with Crippen molar-refractivity contribution in [3.63, 3.8) is 0 Å². The zero-order chi connectivity index (χ0) is 21.8. The number of hydrogen-bond acceptors (Lipinski definition) is 4. The summed E-state index contributed by atoms with van der Waals surface area (Å²) in [6, 6.07) is 0.0537. The molecule has 2 bridgehead atoms. The van der Waals surface area contributed by atoms with Crippen LogP contribution in [0.15, 0.2) is 6.07 Å². The Morgan fingerprint density at radius 3 is 2.43 bits per heavy atom. The highest BCUT2D eigenvalue weighted by Crippen LogP contribution is 2.64. The predicted molar refractivity (Wildman–Crippen MR) is 106 cm³/mol. The topological polar surface area (TPSA) is 102 Å². The third kappa shape index (κ3) is 3.58. The zero-order valence-electron chi connectivity index (χ0n) is 16.0. The molecule has 0 aliphatic heterocycles. The number of benzene rings is 1. The molecule has 3 saturated carbocycles. The molecule has 6 nitrogen and oxygen atoms in total. The number of phenols is 1. The van der Waals surface area contributed by atoms with Crippen molar-refractivity contribution in [2.45, 2.75) is 62.8 Å². The van der Waals surface area contributed by atoms with Crippen LogP contribution in [0.2, 0.25) is 10.0 Å². The Balaban J connectivity index is 1.64. The number of carbonyl (C=O) groups is 2. The fourth-order valence-electron chi connectivity index (χ4n) is 5.27. The molecule has 3 fully saturated rings. The van der Waals surface area contributed by atoms with Gasteiger partial charge in [-0.3, -0.25) is 4.79 Å². The number of alkyl halides is 1. The second-order valence-corrected chi connectivity index (χ2v) is 9.56. The number of rotatable bonds is 5. The molecule has 1 aromatic rings. The maximum absolute atomic E-state index is 15.0. The number of ether oxygens (including phenoxy) is 1. The van der Waals surface area contributed by atoms with Crippen molar-refractivity contribution in [2.75, 3.05) is 0 Å². The van der Waals surface area contributed by atoms with E-state index in [1.165, 1.54) is 0 Å². The van der Waals surface area contributed by atoms with Crippen molar-refractivity contribution in [3.05, 3.63) is 27.5 Å². The monoisotopic (exact) mass is 462 g/mol. The van der Waals surface area contributed by atoms with Gasteiger partial charge < -0.3 is 20.9 Å². The highest BCUT2D eigenvalue weighted by Gasteiger charge is 2.59. The van der Waals surface area contributed by atoms with Crippen molar-refractivity contribution >= 4 is 35.2 Å². The van der Waals surface area contributed by atoms with Crippen molar-refractivity contribution in [3.8, 4) is 5.75 Å². The number of aromatic hydroxyl groups is 1. The summed E-state index contributed by atoms with van der Waals surface area (Å²) < 4.78 is 34.8. The van der Waals surface area contributed by atoms with Gasteiger partial charge in [0.2, 0.25) is 5.91 Å². The molecule has 4 N–H and O–H groups in total. The molecule has 164 valence electrons. The minimum Gasteiger partial charge on any atom is -0.505 e. The van der Waals surface area contributed by atoms with E-state index in [0.29, 0.717) is 38.5 Å². The molecule has 0 aromatic heterocycles. The Morgan fingerprint density at radius 1 is 1.27 bits per heavy atom. The predicted octanol–water partition coefficient (Wildman–Crippen LogP) is 4.54. The van der Waals surface area contributed by atoms with E-state index in [4.69, 9.17) is 33.7 Å². The summed E-state index contributed by atoms with van der Waals surface area (Å²) in [4.78, 5) is 23.7. The third-order valence-electron chi connectivity index (χ3n) is 6.92. The molecule has 0 saturated heterocycles. The van der Waals surface area contributed by atoms with Gasteiger partial charge in [-0.15, -0.1) is 0 Å². The van der Waals surface area contributed by atoms with Crippen LogP contribution in [0, 0.1) is 17.2 Å². The molecule has 0 radical (unpaired) electrons. The lowest BCUT2D eigenvalue weighted by Crippen LogP contribution is -2.47. The number of nitrogens with two attached hydrogens (primary N) is 1. The number of halogens is 4. The summed E-state index contributed by atoms with van der Waals surface area (Å²) in [6.07, 6.45) is 0.956. The molecule has 1 aromatic carbocycles. The van der Waals surface area contributed by atoms with E-state index in [-0.39, 0.29) is 27.9 Å². The minimum absolute atomic E-state index is 0.0534. The maximum atomic E-state index is 15.0. The molecule has 1 atom stereocenters. The van der Waals surface area contributed by atoms with Crippen LogP contribution in [0.25, 0.3) is 0 Å². The number of phenolic OH excluding ortho intramolecular Hbond substituents is 1. The number of fused-ring (bicyclic) bond motifs is 2. The van der Waals surface area contributed by atoms with Crippen molar-refractivity contribution < 1.29 is 28.2 Å². The summed E-state index contributed by atoms with van der Waals surface area (Å²) in [5.74, 6) is -2.50. The first-order chi connectivity index (χ1) is 14.0. The van der Waals surface area contributed by atoms with Crippen LogP contribution >= 0.6 is 23.2 Å². The number of hydrogen-bond donors (Lipinski definition) is 3. The van der Waals surface area contributed by atoms with Gasteiger partial charge in [0.25, 0.3) is 0 Å². The lowest BCUT2D eigenvalue weighted by Gasteiger charge is -2.40. The van der Waals surface area contributed by atoms with E-state index in [1.54, 1.807) is 0 Å². The lowest BCUT2D eigenvalue weighted by molar-refractivity contribution is -0.133. The molecule has 10 heteroatoms. The molecule has 0 spiro atoms. The maximum Gasteiger partial charge on any atom is 0.404 e. The third-order valence-corrected chi connectivity index (χ3v) is 7.72. The van der Waals surface area contributed by atoms with Crippen LogP contribution < -0.4 is 11.1 Å². The first-order valence-corrected chi connectivity index (χ1v) is 10.6. The van der Waals surface area contributed by atoms with Gasteiger partial charge in [0.1, 0.15) is 11.8 Å². The second kappa shape index (κ2) is 7.41. The van der Waals surface area contributed by atoms with E-state index in [1.807, 2.05) is 0 Å². The van der Waals surface area contributed by atoms with Gasteiger partial charge in [-0.2, -0.15) is 0 Å². The lowest BCUT2D eigenvalue weighted by atomic mass is 9.73. The second-order valence-electron chi connectivity index (χ2n) is 8.78.